The summed E-state index contributed by atoms with van der Waals surface area (Å²) < 4.78 is 23.3. The van der Waals surface area contributed by atoms with Gasteiger partial charge in [-0.25, -0.2) is 0 Å². The molecular weight excluding hydrogens is 368 g/mol. The normalized spacial score (nSPS) is 13.3. The highest BCUT2D eigenvalue weighted by Crippen LogP contribution is 2.37. The second-order valence-corrected chi connectivity index (χ2v) is 7.93. The predicted octanol–water partition coefficient (Wildman–Crippen LogP) is 5.45. The third-order valence-electron chi connectivity index (χ3n) is 5.01. The van der Waals surface area contributed by atoms with Crippen molar-refractivity contribution < 1.29 is 18.6 Å². The fraction of sp³-hybridized carbons (Fsp3) is 0.375. The van der Waals surface area contributed by atoms with Gasteiger partial charge in [0, 0.05) is 6.07 Å². The summed E-state index contributed by atoms with van der Waals surface area (Å²) in [6.07, 6.45) is 0.0368. The maximum absolute atomic E-state index is 13.5. The molecule has 0 radical (unpaired) electrons. The van der Waals surface area contributed by atoms with E-state index in [2.05, 4.69) is 13.8 Å². The number of fused-ring (bicyclic) bond motifs is 2. The number of ether oxygens (including phenoxy) is 3. The summed E-state index contributed by atoms with van der Waals surface area (Å²) in [6, 6.07) is 9.31. The van der Waals surface area contributed by atoms with Crippen molar-refractivity contribution in [3.05, 3.63) is 51.9 Å². The number of rotatable bonds is 4. The van der Waals surface area contributed by atoms with Gasteiger partial charge in [0.1, 0.15) is 30.3 Å². The van der Waals surface area contributed by atoms with Gasteiger partial charge in [-0.2, -0.15) is 0 Å². The van der Waals surface area contributed by atoms with Crippen molar-refractivity contribution in [1.82, 2.24) is 0 Å². The molecule has 4 rings (SSSR count). The summed E-state index contributed by atoms with van der Waals surface area (Å²) in [5.74, 6) is 2.88. The average molecular weight is 394 g/mol. The second kappa shape index (κ2) is 7.47. The van der Waals surface area contributed by atoms with E-state index in [0.717, 1.165) is 16.9 Å². The monoisotopic (exact) mass is 394 g/mol. The van der Waals surface area contributed by atoms with Gasteiger partial charge in [-0.15, -0.1) is 0 Å². The molecule has 0 aliphatic carbocycles. The van der Waals surface area contributed by atoms with E-state index in [4.69, 9.17) is 18.6 Å². The van der Waals surface area contributed by atoms with E-state index in [1.807, 2.05) is 51.1 Å². The minimum Gasteiger partial charge on any atom is -0.491 e. The van der Waals surface area contributed by atoms with Gasteiger partial charge in [0.15, 0.2) is 11.5 Å². The zero-order valence-electron chi connectivity index (χ0n) is 17.5. The van der Waals surface area contributed by atoms with Crippen molar-refractivity contribution >= 4 is 11.0 Å². The molecular formula is C24H26O5. The van der Waals surface area contributed by atoms with E-state index in [1.165, 1.54) is 0 Å². The van der Waals surface area contributed by atoms with E-state index in [0.29, 0.717) is 47.0 Å². The summed E-state index contributed by atoms with van der Waals surface area (Å²) in [4.78, 5) is 13.5. The Bertz CT molecular complexity index is 1120. The molecule has 5 heteroatoms. The Morgan fingerprint density at radius 1 is 0.966 bits per heavy atom. The fourth-order valence-corrected chi connectivity index (χ4v) is 3.69. The summed E-state index contributed by atoms with van der Waals surface area (Å²) >= 11 is 0. The van der Waals surface area contributed by atoms with Gasteiger partial charge in [0.2, 0.25) is 5.43 Å². The lowest BCUT2D eigenvalue weighted by Crippen LogP contribution is -2.15. The minimum absolute atomic E-state index is 0.0368. The highest BCUT2D eigenvalue weighted by atomic mass is 16.6. The molecule has 2 heterocycles. The Hall–Kier alpha value is -2.95. The largest absolute Gasteiger partial charge is 0.491 e. The van der Waals surface area contributed by atoms with Gasteiger partial charge >= 0.3 is 0 Å². The van der Waals surface area contributed by atoms with E-state index < -0.39 is 0 Å². The van der Waals surface area contributed by atoms with Crippen molar-refractivity contribution in [2.45, 2.75) is 46.6 Å². The van der Waals surface area contributed by atoms with Crippen LogP contribution in [0.25, 0.3) is 22.1 Å². The standard InChI is InChI=1S/C24H26O5/c1-13(2)17-11-18-21(12-20(17)28-14(3)4)29-15(5)23(24(18)25)16-6-7-19-22(10-16)27-9-8-26-19/h6-7,10-14H,8-9H2,1-5H3. The zero-order chi connectivity index (χ0) is 20.7. The molecule has 0 amide bonds. The highest BCUT2D eigenvalue weighted by Gasteiger charge is 2.20. The molecule has 2 aromatic carbocycles. The Morgan fingerprint density at radius 3 is 2.38 bits per heavy atom. The number of aryl methyl sites for hydroxylation is 1. The molecule has 1 aliphatic heterocycles. The topological polar surface area (TPSA) is 57.9 Å². The zero-order valence-corrected chi connectivity index (χ0v) is 17.5. The van der Waals surface area contributed by atoms with Crippen LogP contribution < -0.4 is 19.6 Å². The summed E-state index contributed by atoms with van der Waals surface area (Å²) in [5.41, 5.74) is 2.78. The smallest absolute Gasteiger partial charge is 0.200 e. The van der Waals surface area contributed by atoms with Crippen LogP contribution in [0.5, 0.6) is 17.2 Å². The first-order valence-electron chi connectivity index (χ1n) is 10.0. The first-order valence-corrected chi connectivity index (χ1v) is 10.0. The summed E-state index contributed by atoms with van der Waals surface area (Å²) in [7, 11) is 0. The SMILES string of the molecule is Cc1oc2cc(OC(C)C)c(C(C)C)cc2c(=O)c1-c1ccc2c(c1)OCCO2. The van der Waals surface area contributed by atoms with Crippen molar-refractivity contribution in [2.24, 2.45) is 0 Å². The van der Waals surface area contributed by atoms with Crippen LogP contribution >= 0.6 is 0 Å². The molecule has 0 spiro atoms. The van der Waals surface area contributed by atoms with Gasteiger partial charge in [0.25, 0.3) is 0 Å². The van der Waals surface area contributed by atoms with Crippen molar-refractivity contribution in [3.8, 4) is 28.4 Å². The maximum Gasteiger partial charge on any atom is 0.200 e. The molecule has 0 N–H and O–H groups in total. The molecule has 0 atom stereocenters. The minimum atomic E-state index is -0.0570. The van der Waals surface area contributed by atoms with Gasteiger partial charge in [-0.05, 0) is 56.0 Å². The number of hydrogen-bond donors (Lipinski definition) is 0. The molecule has 0 unspecified atom stereocenters. The van der Waals surface area contributed by atoms with Crippen LogP contribution in [-0.4, -0.2) is 19.3 Å². The Balaban J connectivity index is 1.91. The van der Waals surface area contributed by atoms with Crippen LogP contribution in [0.4, 0.5) is 0 Å². The number of benzene rings is 2. The van der Waals surface area contributed by atoms with Crippen molar-refractivity contribution in [1.29, 1.82) is 0 Å². The van der Waals surface area contributed by atoms with Gasteiger partial charge in [0.05, 0.1) is 17.1 Å². The van der Waals surface area contributed by atoms with Crippen LogP contribution in [0.2, 0.25) is 0 Å². The predicted molar refractivity (Wildman–Crippen MR) is 114 cm³/mol. The quantitative estimate of drug-likeness (QED) is 0.589. The lowest BCUT2D eigenvalue weighted by Gasteiger charge is -2.19. The molecule has 0 fully saturated rings. The maximum atomic E-state index is 13.5. The number of hydrogen-bond acceptors (Lipinski definition) is 5. The van der Waals surface area contributed by atoms with E-state index >= 15 is 0 Å². The van der Waals surface area contributed by atoms with Crippen LogP contribution in [0.1, 0.15) is 44.9 Å². The van der Waals surface area contributed by atoms with Crippen molar-refractivity contribution in [2.75, 3.05) is 13.2 Å². The molecule has 0 saturated carbocycles. The van der Waals surface area contributed by atoms with E-state index in [-0.39, 0.29) is 17.5 Å². The molecule has 1 aliphatic rings. The molecule has 29 heavy (non-hydrogen) atoms. The van der Waals surface area contributed by atoms with Crippen LogP contribution in [0.3, 0.4) is 0 Å². The Labute approximate surface area is 170 Å². The molecule has 152 valence electrons. The molecule has 5 nitrogen and oxygen atoms in total. The molecule has 0 saturated heterocycles. The second-order valence-electron chi connectivity index (χ2n) is 7.93. The van der Waals surface area contributed by atoms with Crippen LogP contribution in [0.15, 0.2) is 39.5 Å². The molecule has 0 bridgehead atoms. The highest BCUT2D eigenvalue weighted by molar-refractivity contribution is 5.85. The third-order valence-corrected chi connectivity index (χ3v) is 5.01. The van der Waals surface area contributed by atoms with Crippen LogP contribution in [-0.2, 0) is 0 Å². The van der Waals surface area contributed by atoms with Gasteiger partial charge in [-0.3, -0.25) is 4.79 Å². The van der Waals surface area contributed by atoms with E-state index in [1.54, 1.807) is 0 Å². The Kier molecular flexibility index (Phi) is 4.99. The van der Waals surface area contributed by atoms with Gasteiger partial charge in [-0.1, -0.05) is 19.9 Å². The first kappa shape index (κ1) is 19.4. The van der Waals surface area contributed by atoms with Crippen molar-refractivity contribution in [3.63, 3.8) is 0 Å². The van der Waals surface area contributed by atoms with Crippen LogP contribution in [0, 0.1) is 6.92 Å². The van der Waals surface area contributed by atoms with E-state index in [9.17, 15) is 4.79 Å². The molecule has 1 aromatic heterocycles. The lowest BCUT2D eigenvalue weighted by molar-refractivity contribution is 0.171. The Morgan fingerprint density at radius 2 is 1.69 bits per heavy atom. The summed E-state index contributed by atoms with van der Waals surface area (Å²) in [6.45, 7) is 11.0. The molecule has 3 aromatic rings. The first-order chi connectivity index (χ1) is 13.8. The van der Waals surface area contributed by atoms with Gasteiger partial charge < -0.3 is 18.6 Å². The third kappa shape index (κ3) is 3.57. The summed E-state index contributed by atoms with van der Waals surface area (Å²) in [5, 5.41) is 0.556. The fourth-order valence-electron chi connectivity index (χ4n) is 3.69. The lowest BCUT2D eigenvalue weighted by atomic mass is 9.97. The average Bonchev–Trinajstić information content (AvgIpc) is 2.66.